The van der Waals surface area contributed by atoms with E-state index in [2.05, 4.69) is 4.98 Å². The molecule has 2 unspecified atom stereocenters. The van der Waals surface area contributed by atoms with Gasteiger partial charge in [-0.1, -0.05) is 25.4 Å². The Balaban J connectivity index is 2.34. The first kappa shape index (κ1) is 14.2. The number of thioether (sulfide) groups is 1. The fraction of sp³-hybridized carbons (Fsp3) is 0.700. The van der Waals surface area contributed by atoms with Crippen LogP contribution < -0.4 is 0 Å². The summed E-state index contributed by atoms with van der Waals surface area (Å²) in [4.78, 5) is 3.91. The Bertz CT molecular complexity index is 533. The minimum Gasteiger partial charge on any atom is -0.324 e. The van der Waals surface area contributed by atoms with Gasteiger partial charge in [0, 0.05) is 30.6 Å². The summed E-state index contributed by atoms with van der Waals surface area (Å²) in [6.07, 6.45) is 1.42. The van der Waals surface area contributed by atoms with E-state index in [4.69, 9.17) is 11.6 Å². The highest BCUT2D eigenvalue weighted by molar-refractivity contribution is 8.00. The molecule has 0 radical (unpaired) electrons. The highest BCUT2D eigenvalue weighted by atomic mass is 35.5. The Morgan fingerprint density at radius 3 is 2.39 bits per heavy atom. The quantitative estimate of drug-likeness (QED) is 0.832. The molecule has 1 aromatic heterocycles. The molecule has 18 heavy (non-hydrogen) atoms. The number of imidazole rings is 1. The smallest absolute Gasteiger partial charge is 0.263 e. The number of aromatic nitrogens is 2. The van der Waals surface area contributed by atoms with Crippen molar-refractivity contribution >= 4 is 33.4 Å². The molecule has 2 rings (SSSR count). The lowest BCUT2D eigenvalue weighted by Gasteiger charge is -2.33. The molecule has 2 heterocycles. The van der Waals surface area contributed by atoms with E-state index >= 15 is 0 Å². The molecule has 1 saturated heterocycles. The van der Waals surface area contributed by atoms with E-state index in [0.29, 0.717) is 13.1 Å². The van der Waals surface area contributed by atoms with Crippen LogP contribution in [0.25, 0.3) is 0 Å². The van der Waals surface area contributed by atoms with E-state index in [-0.39, 0.29) is 20.7 Å². The monoisotopic (exact) mass is 309 g/mol. The lowest BCUT2D eigenvalue weighted by molar-refractivity contribution is 0.403. The molecule has 0 aromatic carbocycles. The zero-order chi connectivity index (χ0) is 13.5. The van der Waals surface area contributed by atoms with Crippen LogP contribution in [0.4, 0.5) is 0 Å². The second-order valence-electron chi connectivity index (χ2n) is 4.53. The molecular weight excluding hydrogens is 294 g/mol. The van der Waals surface area contributed by atoms with Crippen molar-refractivity contribution in [3.05, 3.63) is 11.5 Å². The van der Waals surface area contributed by atoms with Crippen LogP contribution in [0.15, 0.2) is 11.4 Å². The van der Waals surface area contributed by atoms with Gasteiger partial charge in [0.15, 0.2) is 0 Å². The Morgan fingerprint density at radius 1 is 1.39 bits per heavy atom. The molecule has 1 aliphatic rings. The molecule has 0 saturated carbocycles. The van der Waals surface area contributed by atoms with Crippen molar-refractivity contribution in [1.82, 2.24) is 13.9 Å². The highest BCUT2D eigenvalue weighted by Gasteiger charge is 2.35. The maximum atomic E-state index is 12.5. The van der Waals surface area contributed by atoms with E-state index in [9.17, 15) is 8.42 Å². The van der Waals surface area contributed by atoms with Crippen molar-refractivity contribution < 1.29 is 8.42 Å². The molecule has 8 heteroatoms. The van der Waals surface area contributed by atoms with E-state index in [1.165, 1.54) is 15.2 Å². The molecular formula is C10H16ClN3O2S2. The van der Waals surface area contributed by atoms with Gasteiger partial charge in [-0.25, -0.2) is 13.4 Å². The summed E-state index contributed by atoms with van der Waals surface area (Å²) in [7, 11) is -1.91. The van der Waals surface area contributed by atoms with Gasteiger partial charge in [-0.15, -0.1) is 0 Å². The van der Waals surface area contributed by atoms with Crippen LogP contribution >= 0.6 is 23.4 Å². The van der Waals surface area contributed by atoms with Gasteiger partial charge in [-0.3, -0.25) is 0 Å². The van der Waals surface area contributed by atoms with E-state index in [0.717, 1.165) is 0 Å². The van der Waals surface area contributed by atoms with Crippen molar-refractivity contribution in [1.29, 1.82) is 0 Å². The molecule has 1 aliphatic heterocycles. The molecule has 0 amide bonds. The Kier molecular flexibility index (Phi) is 3.96. The molecule has 0 bridgehead atoms. The fourth-order valence-corrected chi connectivity index (χ4v) is 5.54. The first-order chi connectivity index (χ1) is 8.32. The minimum atomic E-state index is -3.58. The van der Waals surface area contributed by atoms with Crippen molar-refractivity contribution in [3.63, 3.8) is 0 Å². The van der Waals surface area contributed by atoms with Crippen LogP contribution in [-0.2, 0) is 17.1 Å². The van der Waals surface area contributed by atoms with E-state index in [1.54, 1.807) is 18.8 Å². The third kappa shape index (κ3) is 2.54. The Labute approximate surface area is 117 Å². The van der Waals surface area contributed by atoms with Gasteiger partial charge in [0.25, 0.3) is 10.0 Å². The summed E-state index contributed by atoms with van der Waals surface area (Å²) in [6.45, 7) is 5.07. The predicted octanol–water partition coefficient (Wildman–Crippen LogP) is 1.59. The Morgan fingerprint density at radius 2 is 1.94 bits per heavy atom. The second-order valence-corrected chi connectivity index (χ2v) is 8.62. The third-order valence-electron chi connectivity index (χ3n) is 2.80. The van der Waals surface area contributed by atoms with Crippen LogP contribution in [-0.4, -0.2) is 45.9 Å². The Hall–Kier alpha value is -0.240. The highest BCUT2D eigenvalue weighted by Crippen LogP contribution is 2.30. The molecule has 5 nitrogen and oxygen atoms in total. The van der Waals surface area contributed by atoms with Gasteiger partial charge in [-0.05, 0) is 0 Å². The summed E-state index contributed by atoms with van der Waals surface area (Å²) in [5, 5.41) is 0.684. The summed E-state index contributed by atoms with van der Waals surface area (Å²) >= 11 is 7.78. The molecule has 0 spiro atoms. The molecule has 0 N–H and O–H groups in total. The van der Waals surface area contributed by atoms with Crippen molar-refractivity contribution in [3.8, 4) is 0 Å². The van der Waals surface area contributed by atoms with E-state index < -0.39 is 10.0 Å². The average Bonchev–Trinajstić information content (AvgIpc) is 2.58. The van der Waals surface area contributed by atoms with Crippen LogP contribution in [0.3, 0.4) is 0 Å². The summed E-state index contributed by atoms with van der Waals surface area (Å²) in [5.74, 6) is 0. The van der Waals surface area contributed by atoms with Gasteiger partial charge in [0.2, 0.25) is 5.03 Å². The first-order valence-corrected chi connectivity index (χ1v) is 8.41. The number of hydrogen-bond donors (Lipinski definition) is 0. The summed E-state index contributed by atoms with van der Waals surface area (Å²) < 4.78 is 27.9. The molecule has 1 aromatic rings. The normalized spacial score (nSPS) is 26.4. The number of hydrogen-bond acceptors (Lipinski definition) is 4. The van der Waals surface area contributed by atoms with Gasteiger partial charge < -0.3 is 4.57 Å². The van der Waals surface area contributed by atoms with Crippen molar-refractivity contribution in [2.24, 2.45) is 7.05 Å². The molecule has 0 aliphatic carbocycles. The summed E-state index contributed by atoms with van der Waals surface area (Å²) in [5.41, 5.74) is 0. The SMILES string of the molecule is CC1CN(S(=O)(=O)c2ncn(C)c2Cl)CC(C)S1. The van der Waals surface area contributed by atoms with Crippen LogP contribution in [0.5, 0.6) is 0 Å². The predicted molar refractivity (Wildman–Crippen MR) is 73.5 cm³/mol. The minimum absolute atomic E-state index is 0.0435. The summed E-state index contributed by atoms with van der Waals surface area (Å²) in [6, 6.07) is 0. The van der Waals surface area contributed by atoms with E-state index in [1.807, 2.05) is 13.8 Å². The number of nitrogens with zero attached hydrogens (tertiary/aromatic N) is 3. The van der Waals surface area contributed by atoms with Gasteiger partial charge in [0.1, 0.15) is 5.15 Å². The fourth-order valence-electron chi connectivity index (χ4n) is 2.02. The van der Waals surface area contributed by atoms with Gasteiger partial charge in [0.05, 0.1) is 6.33 Å². The van der Waals surface area contributed by atoms with Gasteiger partial charge in [-0.2, -0.15) is 16.1 Å². The van der Waals surface area contributed by atoms with Crippen LogP contribution in [0.2, 0.25) is 5.15 Å². The molecule has 2 atom stereocenters. The first-order valence-electron chi connectivity index (χ1n) is 5.64. The lowest BCUT2D eigenvalue weighted by Crippen LogP contribution is -2.44. The maximum absolute atomic E-state index is 12.5. The number of sulfonamides is 1. The van der Waals surface area contributed by atoms with Crippen molar-refractivity contribution in [2.75, 3.05) is 13.1 Å². The molecule has 1 fully saturated rings. The standard InChI is InChI=1S/C10H16ClN3O2S2/c1-7-4-14(5-8(2)17-7)18(15,16)10-9(11)13(3)6-12-10/h6-8H,4-5H2,1-3H3. The second kappa shape index (κ2) is 5.03. The maximum Gasteiger partial charge on any atom is 0.263 e. The third-order valence-corrected chi connectivity index (χ3v) is 6.36. The van der Waals surface area contributed by atoms with Crippen LogP contribution in [0, 0.1) is 0 Å². The largest absolute Gasteiger partial charge is 0.324 e. The number of halogens is 1. The van der Waals surface area contributed by atoms with Crippen molar-refractivity contribution in [2.45, 2.75) is 29.4 Å². The molecule has 102 valence electrons. The average molecular weight is 310 g/mol. The van der Waals surface area contributed by atoms with Crippen LogP contribution in [0.1, 0.15) is 13.8 Å². The number of aryl methyl sites for hydroxylation is 1. The zero-order valence-corrected chi connectivity index (χ0v) is 12.9. The topological polar surface area (TPSA) is 55.2 Å². The van der Waals surface area contributed by atoms with Gasteiger partial charge >= 0.3 is 0 Å². The lowest BCUT2D eigenvalue weighted by atomic mass is 10.4. The zero-order valence-electron chi connectivity index (χ0n) is 10.5. The number of rotatable bonds is 2.